The molecule has 0 saturated heterocycles. The van der Waals surface area contributed by atoms with Gasteiger partial charge in [0, 0.05) is 25.2 Å². The SMILES string of the molecule is CCOCc1nnc2c(C(F)(F)F)c(C3=CCC4C(=C3)C=CN4c3cccnc3)ccn12. The Hall–Kier alpha value is -3.46. The summed E-state index contributed by atoms with van der Waals surface area (Å²) in [6.45, 7) is 2.34. The Balaban J connectivity index is 1.53. The van der Waals surface area contributed by atoms with E-state index in [1.165, 1.54) is 10.5 Å². The number of ether oxygens (including phenoxy) is 1. The topological polar surface area (TPSA) is 55.6 Å². The first kappa shape index (κ1) is 20.4. The molecular weight excluding hydrogens is 419 g/mol. The maximum Gasteiger partial charge on any atom is 0.420 e. The van der Waals surface area contributed by atoms with Crippen molar-refractivity contribution in [2.75, 3.05) is 11.5 Å². The van der Waals surface area contributed by atoms with Gasteiger partial charge < -0.3 is 9.64 Å². The smallest absolute Gasteiger partial charge is 0.374 e. The molecule has 32 heavy (non-hydrogen) atoms. The molecule has 0 aromatic carbocycles. The van der Waals surface area contributed by atoms with Gasteiger partial charge in [-0.05, 0) is 60.4 Å². The zero-order valence-electron chi connectivity index (χ0n) is 17.3. The lowest BCUT2D eigenvalue weighted by Crippen LogP contribution is -2.28. The van der Waals surface area contributed by atoms with Gasteiger partial charge in [0.1, 0.15) is 12.2 Å². The highest BCUT2D eigenvalue weighted by atomic mass is 19.4. The van der Waals surface area contributed by atoms with E-state index in [-0.39, 0.29) is 23.9 Å². The van der Waals surface area contributed by atoms with Gasteiger partial charge >= 0.3 is 6.18 Å². The molecule has 2 aliphatic rings. The number of pyridine rings is 2. The molecule has 0 fully saturated rings. The van der Waals surface area contributed by atoms with E-state index in [9.17, 15) is 13.2 Å². The zero-order chi connectivity index (χ0) is 22.3. The van der Waals surface area contributed by atoms with Gasteiger partial charge in [0.2, 0.25) is 0 Å². The Morgan fingerprint density at radius 1 is 1.22 bits per heavy atom. The quantitative estimate of drug-likeness (QED) is 0.572. The third-order valence-corrected chi connectivity index (χ3v) is 5.65. The van der Waals surface area contributed by atoms with Crippen molar-refractivity contribution >= 4 is 16.9 Å². The monoisotopic (exact) mass is 439 g/mol. The summed E-state index contributed by atoms with van der Waals surface area (Å²) in [6.07, 6.45) is 8.59. The van der Waals surface area contributed by atoms with Crippen LogP contribution in [0.4, 0.5) is 18.9 Å². The predicted molar refractivity (Wildman–Crippen MR) is 114 cm³/mol. The van der Waals surface area contributed by atoms with Crippen LogP contribution < -0.4 is 4.90 Å². The first-order valence-electron chi connectivity index (χ1n) is 10.3. The third-order valence-electron chi connectivity index (χ3n) is 5.65. The van der Waals surface area contributed by atoms with Crippen LogP contribution in [0.3, 0.4) is 0 Å². The van der Waals surface area contributed by atoms with Crippen LogP contribution in [-0.2, 0) is 17.5 Å². The molecule has 0 amide bonds. The van der Waals surface area contributed by atoms with Gasteiger partial charge in [-0.1, -0.05) is 6.08 Å². The van der Waals surface area contributed by atoms with Crippen molar-refractivity contribution in [3.63, 3.8) is 0 Å². The molecule has 5 rings (SSSR count). The Bertz CT molecular complexity index is 1240. The molecule has 3 aromatic rings. The maximum atomic E-state index is 14.2. The van der Waals surface area contributed by atoms with E-state index in [0.717, 1.165) is 11.3 Å². The Kier molecular flexibility index (Phi) is 5.05. The number of alkyl halides is 3. The lowest BCUT2D eigenvalue weighted by molar-refractivity contribution is -0.136. The molecule has 0 N–H and O–H groups in total. The van der Waals surface area contributed by atoms with Crippen molar-refractivity contribution in [1.82, 2.24) is 19.6 Å². The van der Waals surface area contributed by atoms with Crippen molar-refractivity contribution in [2.24, 2.45) is 0 Å². The molecule has 9 heteroatoms. The van der Waals surface area contributed by atoms with Crippen LogP contribution in [0.1, 0.15) is 30.3 Å². The third kappa shape index (κ3) is 3.48. The molecular formula is C23H20F3N5O. The van der Waals surface area contributed by atoms with Crippen LogP contribution in [0, 0.1) is 0 Å². The van der Waals surface area contributed by atoms with Gasteiger partial charge in [0.05, 0.1) is 17.9 Å². The minimum Gasteiger partial charge on any atom is -0.374 e. The maximum absolute atomic E-state index is 14.2. The summed E-state index contributed by atoms with van der Waals surface area (Å²) in [4.78, 5) is 6.24. The second-order valence-electron chi connectivity index (χ2n) is 7.54. The van der Waals surface area contributed by atoms with Gasteiger partial charge in [0.15, 0.2) is 11.5 Å². The Morgan fingerprint density at radius 2 is 2.09 bits per heavy atom. The summed E-state index contributed by atoms with van der Waals surface area (Å²) in [6, 6.07) is 5.33. The summed E-state index contributed by atoms with van der Waals surface area (Å²) < 4.78 is 49.1. The number of aromatic nitrogens is 4. The van der Waals surface area contributed by atoms with E-state index in [1.54, 1.807) is 18.6 Å². The van der Waals surface area contributed by atoms with Gasteiger partial charge in [-0.25, -0.2) is 0 Å². The van der Waals surface area contributed by atoms with Gasteiger partial charge in [-0.15, -0.1) is 10.2 Å². The molecule has 1 unspecified atom stereocenters. The van der Waals surface area contributed by atoms with Gasteiger partial charge in [-0.3, -0.25) is 9.38 Å². The van der Waals surface area contributed by atoms with E-state index < -0.39 is 11.7 Å². The van der Waals surface area contributed by atoms with E-state index in [4.69, 9.17) is 4.74 Å². The van der Waals surface area contributed by atoms with E-state index in [0.29, 0.717) is 24.4 Å². The second-order valence-corrected chi connectivity index (χ2v) is 7.54. The average molecular weight is 439 g/mol. The van der Waals surface area contributed by atoms with Crippen molar-refractivity contribution in [3.05, 3.63) is 83.7 Å². The highest BCUT2D eigenvalue weighted by molar-refractivity contribution is 5.82. The van der Waals surface area contributed by atoms with Crippen LogP contribution in [0.5, 0.6) is 0 Å². The normalized spacial score (nSPS) is 18.1. The van der Waals surface area contributed by atoms with Crippen molar-refractivity contribution in [2.45, 2.75) is 32.2 Å². The lowest BCUT2D eigenvalue weighted by Gasteiger charge is -2.28. The van der Waals surface area contributed by atoms with Crippen LogP contribution in [-0.4, -0.2) is 32.2 Å². The first-order valence-corrected chi connectivity index (χ1v) is 10.3. The molecule has 0 saturated carbocycles. The van der Waals surface area contributed by atoms with Gasteiger partial charge in [-0.2, -0.15) is 13.2 Å². The Labute approximate surface area is 182 Å². The number of anilines is 1. The predicted octanol–water partition coefficient (Wildman–Crippen LogP) is 4.80. The largest absolute Gasteiger partial charge is 0.420 e. The van der Waals surface area contributed by atoms with Crippen LogP contribution in [0.25, 0.3) is 11.2 Å². The van der Waals surface area contributed by atoms with Gasteiger partial charge in [0.25, 0.3) is 0 Å². The number of rotatable bonds is 5. The van der Waals surface area contributed by atoms with Crippen LogP contribution in [0.15, 0.2) is 66.8 Å². The minimum absolute atomic E-state index is 0.0342. The fraction of sp³-hybridized carbons (Fsp3) is 0.261. The number of hydrogen-bond donors (Lipinski definition) is 0. The zero-order valence-corrected chi connectivity index (χ0v) is 17.3. The van der Waals surface area contributed by atoms with Crippen molar-refractivity contribution < 1.29 is 17.9 Å². The van der Waals surface area contributed by atoms with E-state index in [2.05, 4.69) is 20.1 Å². The number of allylic oxidation sites excluding steroid dienone is 2. The molecule has 0 radical (unpaired) electrons. The fourth-order valence-electron chi connectivity index (χ4n) is 4.19. The highest BCUT2D eigenvalue weighted by Crippen LogP contribution is 2.41. The molecule has 164 valence electrons. The minimum atomic E-state index is -4.59. The molecule has 4 heterocycles. The van der Waals surface area contributed by atoms with Crippen LogP contribution in [0.2, 0.25) is 0 Å². The lowest BCUT2D eigenvalue weighted by atomic mass is 9.90. The fourth-order valence-corrected chi connectivity index (χ4v) is 4.19. The summed E-state index contributed by atoms with van der Waals surface area (Å²) in [5, 5.41) is 7.77. The molecule has 1 aliphatic carbocycles. The highest BCUT2D eigenvalue weighted by Gasteiger charge is 2.39. The number of nitrogens with zero attached hydrogens (tertiary/aromatic N) is 5. The molecule has 0 bridgehead atoms. The number of fused-ring (bicyclic) bond motifs is 2. The average Bonchev–Trinajstić information content (AvgIpc) is 3.40. The molecule has 1 atom stereocenters. The first-order chi connectivity index (χ1) is 15.5. The van der Waals surface area contributed by atoms with Crippen LogP contribution >= 0.6 is 0 Å². The van der Waals surface area contributed by atoms with E-state index >= 15 is 0 Å². The molecule has 1 aliphatic heterocycles. The van der Waals surface area contributed by atoms with Crippen molar-refractivity contribution in [3.8, 4) is 0 Å². The standard InChI is InChI=1S/C23H20F3N5O/c1-2-32-14-20-28-29-22-21(23(24,25)26)18(8-11-31(20)22)15-5-6-19-16(12-15)7-10-30(19)17-4-3-9-27-13-17/h3-5,7-13,19H,2,6,14H2,1H3. The molecule has 3 aromatic heterocycles. The van der Waals surface area contributed by atoms with Crippen molar-refractivity contribution in [1.29, 1.82) is 0 Å². The van der Waals surface area contributed by atoms with E-state index in [1.807, 2.05) is 43.5 Å². The molecule has 6 nitrogen and oxygen atoms in total. The summed E-state index contributed by atoms with van der Waals surface area (Å²) in [7, 11) is 0. The summed E-state index contributed by atoms with van der Waals surface area (Å²) in [5.74, 6) is 0.334. The number of halogens is 3. The molecule has 0 spiro atoms. The Morgan fingerprint density at radius 3 is 2.84 bits per heavy atom. The summed E-state index contributed by atoms with van der Waals surface area (Å²) in [5.41, 5.74) is 1.51. The second kappa shape index (κ2) is 7.90. The number of hydrogen-bond acceptors (Lipinski definition) is 5. The summed E-state index contributed by atoms with van der Waals surface area (Å²) >= 11 is 0.